The fourth-order valence-corrected chi connectivity index (χ4v) is 2.01. The second-order valence-electron chi connectivity index (χ2n) is 4.16. The van der Waals surface area contributed by atoms with E-state index in [0.29, 0.717) is 6.61 Å². The minimum atomic E-state index is 0.521. The van der Waals surface area contributed by atoms with E-state index < -0.39 is 0 Å². The van der Waals surface area contributed by atoms with Crippen LogP contribution in [-0.2, 0) is 0 Å². The highest BCUT2D eigenvalue weighted by molar-refractivity contribution is 9.09. The van der Waals surface area contributed by atoms with E-state index in [9.17, 15) is 0 Å². The van der Waals surface area contributed by atoms with Gasteiger partial charge < -0.3 is 9.47 Å². The van der Waals surface area contributed by atoms with E-state index in [1.165, 1.54) is 5.39 Å². The zero-order chi connectivity index (χ0) is 13.5. The van der Waals surface area contributed by atoms with E-state index in [1.807, 2.05) is 24.3 Å². The SMILES string of the molecule is C=CCOc1ccc2ccc(OCCCBr)cc2c1. The fourth-order valence-electron chi connectivity index (χ4n) is 1.78. The van der Waals surface area contributed by atoms with Gasteiger partial charge in [-0.2, -0.15) is 0 Å². The van der Waals surface area contributed by atoms with Crippen molar-refractivity contribution in [1.82, 2.24) is 0 Å². The van der Waals surface area contributed by atoms with Crippen molar-refractivity contribution in [2.75, 3.05) is 18.5 Å². The average molecular weight is 321 g/mol. The molecule has 0 unspecified atom stereocenters. The van der Waals surface area contributed by atoms with Crippen LogP contribution in [0.5, 0.6) is 11.5 Å². The van der Waals surface area contributed by atoms with E-state index in [1.54, 1.807) is 6.08 Å². The van der Waals surface area contributed by atoms with E-state index in [-0.39, 0.29) is 0 Å². The summed E-state index contributed by atoms with van der Waals surface area (Å²) < 4.78 is 11.2. The number of rotatable bonds is 7. The molecule has 0 aliphatic heterocycles. The Hall–Kier alpha value is -1.48. The Kier molecular flexibility index (Phi) is 5.28. The van der Waals surface area contributed by atoms with Gasteiger partial charge in [0.1, 0.15) is 18.1 Å². The van der Waals surface area contributed by atoms with Gasteiger partial charge in [0.15, 0.2) is 0 Å². The summed E-state index contributed by atoms with van der Waals surface area (Å²) in [6.45, 7) is 4.89. The molecule has 2 aromatic carbocycles. The van der Waals surface area contributed by atoms with Crippen molar-refractivity contribution in [3.63, 3.8) is 0 Å². The highest BCUT2D eigenvalue weighted by atomic mass is 79.9. The normalized spacial score (nSPS) is 10.4. The first-order valence-electron chi connectivity index (χ1n) is 6.30. The Morgan fingerprint density at radius 1 is 1.00 bits per heavy atom. The molecule has 0 saturated heterocycles. The smallest absolute Gasteiger partial charge is 0.120 e. The van der Waals surface area contributed by atoms with Gasteiger partial charge in [-0.15, -0.1) is 0 Å². The topological polar surface area (TPSA) is 18.5 Å². The van der Waals surface area contributed by atoms with Crippen molar-refractivity contribution in [3.05, 3.63) is 49.1 Å². The summed E-state index contributed by atoms with van der Waals surface area (Å²) >= 11 is 3.39. The third-order valence-electron chi connectivity index (χ3n) is 2.70. The molecule has 0 N–H and O–H groups in total. The van der Waals surface area contributed by atoms with Crippen molar-refractivity contribution in [2.45, 2.75) is 6.42 Å². The van der Waals surface area contributed by atoms with Crippen LogP contribution in [0.2, 0.25) is 0 Å². The lowest BCUT2D eigenvalue weighted by Crippen LogP contribution is -1.97. The van der Waals surface area contributed by atoms with E-state index in [2.05, 4.69) is 34.6 Å². The van der Waals surface area contributed by atoms with Gasteiger partial charge in [0.25, 0.3) is 0 Å². The molecule has 0 atom stereocenters. The zero-order valence-corrected chi connectivity index (χ0v) is 12.4. The molecule has 0 radical (unpaired) electrons. The Balaban J connectivity index is 2.16. The van der Waals surface area contributed by atoms with Crippen LogP contribution >= 0.6 is 15.9 Å². The van der Waals surface area contributed by atoms with Gasteiger partial charge in [-0.3, -0.25) is 0 Å². The van der Waals surface area contributed by atoms with Gasteiger partial charge in [0.2, 0.25) is 0 Å². The van der Waals surface area contributed by atoms with Crippen molar-refractivity contribution in [1.29, 1.82) is 0 Å². The summed E-state index contributed by atoms with van der Waals surface area (Å²) in [6, 6.07) is 12.2. The standard InChI is InChI=1S/C16H17BrO2/c1-2-9-18-15-6-4-13-5-7-16(12-14(13)11-15)19-10-3-8-17/h2,4-7,11-12H,1,3,8-10H2. The first-order valence-corrected chi connectivity index (χ1v) is 7.42. The van der Waals surface area contributed by atoms with Crippen LogP contribution in [0.3, 0.4) is 0 Å². The maximum Gasteiger partial charge on any atom is 0.120 e. The van der Waals surface area contributed by atoms with Crippen LogP contribution in [0.25, 0.3) is 10.8 Å². The Labute approximate surface area is 122 Å². The van der Waals surface area contributed by atoms with Crippen LogP contribution in [0.15, 0.2) is 49.1 Å². The van der Waals surface area contributed by atoms with Gasteiger partial charge in [0.05, 0.1) is 6.61 Å². The molecule has 0 aliphatic rings. The predicted octanol–water partition coefficient (Wildman–Crippen LogP) is 4.57. The van der Waals surface area contributed by atoms with Crippen molar-refractivity contribution >= 4 is 26.7 Å². The summed E-state index contributed by atoms with van der Waals surface area (Å²) in [4.78, 5) is 0. The molecule has 19 heavy (non-hydrogen) atoms. The summed E-state index contributed by atoms with van der Waals surface area (Å²) in [5.74, 6) is 1.75. The molecular weight excluding hydrogens is 304 g/mol. The largest absolute Gasteiger partial charge is 0.494 e. The van der Waals surface area contributed by atoms with E-state index in [0.717, 1.165) is 35.2 Å². The quantitative estimate of drug-likeness (QED) is 0.422. The third kappa shape index (κ3) is 4.00. The number of halogens is 1. The summed E-state index contributed by atoms with van der Waals surface area (Å²) in [6.07, 6.45) is 2.74. The van der Waals surface area contributed by atoms with Crippen LogP contribution < -0.4 is 9.47 Å². The number of fused-ring (bicyclic) bond motifs is 1. The highest BCUT2D eigenvalue weighted by Crippen LogP contribution is 2.25. The molecule has 0 amide bonds. The maximum absolute atomic E-state index is 5.69. The molecule has 2 rings (SSSR count). The van der Waals surface area contributed by atoms with Crippen molar-refractivity contribution in [3.8, 4) is 11.5 Å². The molecule has 0 heterocycles. The number of benzene rings is 2. The minimum Gasteiger partial charge on any atom is -0.494 e. The average Bonchev–Trinajstić information content (AvgIpc) is 2.45. The van der Waals surface area contributed by atoms with Crippen LogP contribution in [0, 0.1) is 0 Å². The molecule has 0 spiro atoms. The first kappa shape index (κ1) is 13.9. The van der Waals surface area contributed by atoms with Gasteiger partial charge >= 0.3 is 0 Å². The molecule has 0 aromatic heterocycles. The monoisotopic (exact) mass is 320 g/mol. The molecule has 0 saturated carbocycles. The molecule has 0 fully saturated rings. The minimum absolute atomic E-state index is 0.521. The lowest BCUT2D eigenvalue weighted by molar-refractivity contribution is 0.319. The van der Waals surface area contributed by atoms with Crippen LogP contribution in [-0.4, -0.2) is 18.5 Å². The summed E-state index contributed by atoms with van der Waals surface area (Å²) in [5, 5.41) is 3.26. The number of ether oxygens (including phenoxy) is 2. The lowest BCUT2D eigenvalue weighted by Gasteiger charge is -2.08. The fraction of sp³-hybridized carbons (Fsp3) is 0.250. The predicted molar refractivity (Wildman–Crippen MR) is 83.5 cm³/mol. The maximum atomic E-state index is 5.69. The van der Waals surface area contributed by atoms with Gasteiger partial charge in [-0.1, -0.05) is 40.7 Å². The second-order valence-corrected chi connectivity index (χ2v) is 4.95. The molecular formula is C16H17BrO2. The summed E-state index contributed by atoms with van der Waals surface area (Å²) in [5.41, 5.74) is 0. The molecule has 3 heteroatoms. The van der Waals surface area contributed by atoms with Crippen molar-refractivity contribution < 1.29 is 9.47 Å². The van der Waals surface area contributed by atoms with E-state index in [4.69, 9.17) is 9.47 Å². The summed E-state index contributed by atoms with van der Waals surface area (Å²) in [7, 11) is 0. The molecule has 2 nitrogen and oxygen atoms in total. The zero-order valence-electron chi connectivity index (χ0n) is 10.8. The number of hydrogen-bond donors (Lipinski definition) is 0. The van der Waals surface area contributed by atoms with Crippen LogP contribution in [0.1, 0.15) is 6.42 Å². The first-order chi connectivity index (χ1) is 9.33. The van der Waals surface area contributed by atoms with Gasteiger partial charge in [-0.05, 0) is 41.5 Å². The Bertz CT molecular complexity index is 551. The lowest BCUT2D eigenvalue weighted by atomic mass is 10.1. The van der Waals surface area contributed by atoms with Gasteiger partial charge in [-0.25, -0.2) is 0 Å². The molecule has 0 bridgehead atoms. The number of alkyl halides is 1. The second kappa shape index (κ2) is 7.19. The number of hydrogen-bond acceptors (Lipinski definition) is 2. The van der Waals surface area contributed by atoms with Crippen LogP contribution in [0.4, 0.5) is 0 Å². The molecule has 0 aliphatic carbocycles. The third-order valence-corrected chi connectivity index (χ3v) is 3.26. The van der Waals surface area contributed by atoms with Crippen molar-refractivity contribution in [2.24, 2.45) is 0 Å². The highest BCUT2D eigenvalue weighted by Gasteiger charge is 2.00. The van der Waals surface area contributed by atoms with Gasteiger partial charge in [0, 0.05) is 5.33 Å². The van der Waals surface area contributed by atoms with E-state index >= 15 is 0 Å². The molecule has 100 valence electrons. The Morgan fingerprint density at radius 2 is 1.68 bits per heavy atom. The Morgan fingerprint density at radius 3 is 2.32 bits per heavy atom. The molecule has 2 aromatic rings.